The first-order valence-electron chi connectivity index (χ1n) is 9.92. The molecule has 1 unspecified atom stereocenters. The van der Waals surface area contributed by atoms with Gasteiger partial charge in [-0.25, -0.2) is 4.79 Å². The standard InChI is InChI=1S/C24H27N3O/c1-17(2)19-9-11-20(12-10-19)23-22-8-5-13-26(22)14-15-27(23)24(28)25-21-7-4-6-18(3)16-21/h4-13,16-17,23H,14-15H2,1-3H3,(H,25,28). The summed E-state index contributed by atoms with van der Waals surface area (Å²) in [6, 6.07) is 20.6. The summed E-state index contributed by atoms with van der Waals surface area (Å²) in [6.45, 7) is 7.91. The molecule has 0 aliphatic carbocycles. The van der Waals surface area contributed by atoms with E-state index in [1.807, 2.05) is 36.1 Å². The zero-order valence-electron chi connectivity index (χ0n) is 16.7. The molecule has 0 spiro atoms. The molecule has 2 heterocycles. The van der Waals surface area contributed by atoms with E-state index in [-0.39, 0.29) is 12.1 Å². The third-order valence-electron chi connectivity index (χ3n) is 5.49. The van der Waals surface area contributed by atoms with Crippen LogP contribution in [0.3, 0.4) is 0 Å². The number of amides is 2. The average Bonchev–Trinajstić information content (AvgIpc) is 3.16. The van der Waals surface area contributed by atoms with Crippen LogP contribution in [-0.4, -0.2) is 22.0 Å². The van der Waals surface area contributed by atoms with Gasteiger partial charge in [0.1, 0.15) is 0 Å². The van der Waals surface area contributed by atoms with E-state index in [0.29, 0.717) is 12.5 Å². The van der Waals surface area contributed by atoms with Crippen LogP contribution in [0.15, 0.2) is 66.9 Å². The van der Waals surface area contributed by atoms with Gasteiger partial charge in [-0.3, -0.25) is 0 Å². The Kier molecular flexibility index (Phi) is 4.95. The van der Waals surface area contributed by atoms with Gasteiger partial charge in [0, 0.05) is 30.7 Å². The molecule has 144 valence electrons. The van der Waals surface area contributed by atoms with Crippen molar-refractivity contribution in [1.29, 1.82) is 0 Å². The highest BCUT2D eigenvalue weighted by molar-refractivity contribution is 5.90. The Bertz CT molecular complexity index is 972. The molecule has 4 heteroatoms. The molecule has 1 atom stereocenters. The summed E-state index contributed by atoms with van der Waals surface area (Å²) in [5.41, 5.74) is 5.57. The minimum atomic E-state index is -0.0882. The zero-order chi connectivity index (χ0) is 19.7. The molecule has 1 aliphatic heterocycles. The van der Waals surface area contributed by atoms with E-state index in [1.54, 1.807) is 0 Å². The predicted molar refractivity (Wildman–Crippen MR) is 114 cm³/mol. The van der Waals surface area contributed by atoms with Crippen molar-refractivity contribution in [1.82, 2.24) is 9.47 Å². The number of hydrogen-bond acceptors (Lipinski definition) is 1. The lowest BCUT2D eigenvalue weighted by Crippen LogP contribution is -2.44. The summed E-state index contributed by atoms with van der Waals surface area (Å²) < 4.78 is 2.25. The van der Waals surface area contributed by atoms with Crippen LogP contribution >= 0.6 is 0 Å². The van der Waals surface area contributed by atoms with Gasteiger partial charge in [0.2, 0.25) is 0 Å². The van der Waals surface area contributed by atoms with E-state index >= 15 is 0 Å². The van der Waals surface area contributed by atoms with Crippen molar-refractivity contribution in [3.05, 3.63) is 89.2 Å². The Labute approximate surface area is 166 Å². The Morgan fingerprint density at radius 2 is 1.82 bits per heavy atom. The first kappa shape index (κ1) is 18.4. The molecule has 1 N–H and O–H groups in total. The van der Waals surface area contributed by atoms with Crippen LogP contribution in [0.5, 0.6) is 0 Å². The summed E-state index contributed by atoms with van der Waals surface area (Å²) in [5.74, 6) is 0.491. The maximum Gasteiger partial charge on any atom is 0.322 e. The number of aryl methyl sites for hydroxylation is 1. The second-order valence-corrected chi connectivity index (χ2v) is 7.84. The highest BCUT2D eigenvalue weighted by atomic mass is 16.2. The summed E-state index contributed by atoms with van der Waals surface area (Å²) in [5, 5.41) is 3.08. The average molecular weight is 374 g/mol. The number of hydrogen-bond donors (Lipinski definition) is 1. The maximum absolute atomic E-state index is 13.2. The summed E-state index contributed by atoms with van der Waals surface area (Å²) >= 11 is 0. The van der Waals surface area contributed by atoms with E-state index in [0.717, 1.165) is 29.1 Å². The zero-order valence-corrected chi connectivity index (χ0v) is 16.7. The fourth-order valence-electron chi connectivity index (χ4n) is 3.93. The van der Waals surface area contributed by atoms with Gasteiger partial charge in [-0.1, -0.05) is 50.2 Å². The number of nitrogens with one attached hydrogen (secondary N) is 1. The van der Waals surface area contributed by atoms with Crippen LogP contribution < -0.4 is 5.32 Å². The van der Waals surface area contributed by atoms with Crippen molar-refractivity contribution < 1.29 is 4.79 Å². The minimum absolute atomic E-state index is 0.0593. The van der Waals surface area contributed by atoms with E-state index in [1.165, 1.54) is 5.56 Å². The lowest BCUT2D eigenvalue weighted by molar-refractivity contribution is 0.182. The molecule has 28 heavy (non-hydrogen) atoms. The normalized spacial score (nSPS) is 16.1. The maximum atomic E-state index is 13.2. The molecule has 4 nitrogen and oxygen atoms in total. The number of anilines is 1. The Morgan fingerprint density at radius 3 is 2.54 bits per heavy atom. The van der Waals surface area contributed by atoms with Crippen molar-refractivity contribution >= 4 is 11.7 Å². The molecule has 0 saturated carbocycles. The number of nitrogens with zero attached hydrogens (tertiary/aromatic N) is 2. The van der Waals surface area contributed by atoms with Gasteiger partial charge in [0.25, 0.3) is 0 Å². The summed E-state index contributed by atoms with van der Waals surface area (Å²) in [7, 11) is 0. The molecule has 2 amide bonds. The topological polar surface area (TPSA) is 37.3 Å². The Morgan fingerprint density at radius 1 is 1.04 bits per heavy atom. The number of rotatable bonds is 3. The monoisotopic (exact) mass is 373 g/mol. The third kappa shape index (κ3) is 3.55. The largest absolute Gasteiger partial charge is 0.348 e. The van der Waals surface area contributed by atoms with E-state index in [4.69, 9.17) is 0 Å². The van der Waals surface area contributed by atoms with Gasteiger partial charge < -0.3 is 14.8 Å². The van der Waals surface area contributed by atoms with Gasteiger partial charge in [0.05, 0.1) is 6.04 Å². The van der Waals surface area contributed by atoms with Crippen LogP contribution in [0.1, 0.15) is 48.2 Å². The number of benzene rings is 2. The summed E-state index contributed by atoms with van der Waals surface area (Å²) in [4.78, 5) is 15.1. The van der Waals surface area contributed by atoms with Crippen LogP contribution in [0.25, 0.3) is 0 Å². The van der Waals surface area contributed by atoms with Crippen molar-refractivity contribution in [2.75, 3.05) is 11.9 Å². The SMILES string of the molecule is Cc1cccc(NC(=O)N2CCn3cccc3C2c2ccc(C(C)C)cc2)c1. The molecule has 0 fully saturated rings. The van der Waals surface area contributed by atoms with Crippen LogP contribution in [0, 0.1) is 6.92 Å². The molecular formula is C24H27N3O. The lowest BCUT2D eigenvalue weighted by atomic mass is 9.96. The smallest absolute Gasteiger partial charge is 0.322 e. The number of fused-ring (bicyclic) bond motifs is 1. The van der Waals surface area contributed by atoms with Crippen LogP contribution in [0.4, 0.5) is 10.5 Å². The molecule has 3 aromatic rings. The predicted octanol–water partition coefficient (Wildman–Crippen LogP) is 5.56. The Hall–Kier alpha value is -3.01. The molecule has 4 rings (SSSR count). The molecule has 0 bridgehead atoms. The van der Waals surface area contributed by atoms with Crippen molar-refractivity contribution in [3.63, 3.8) is 0 Å². The van der Waals surface area contributed by atoms with E-state index < -0.39 is 0 Å². The first-order chi connectivity index (χ1) is 13.5. The van der Waals surface area contributed by atoms with Gasteiger partial charge >= 0.3 is 6.03 Å². The fraction of sp³-hybridized carbons (Fsp3) is 0.292. The summed E-state index contributed by atoms with van der Waals surface area (Å²) in [6.07, 6.45) is 2.10. The van der Waals surface area contributed by atoms with E-state index in [2.05, 4.69) is 66.3 Å². The number of carbonyl (C=O) groups excluding carboxylic acids is 1. The Balaban J connectivity index is 1.66. The molecule has 1 aliphatic rings. The van der Waals surface area contributed by atoms with E-state index in [9.17, 15) is 4.79 Å². The van der Waals surface area contributed by atoms with Crippen molar-refractivity contribution in [3.8, 4) is 0 Å². The number of urea groups is 1. The lowest BCUT2D eigenvalue weighted by Gasteiger charge is -2.37. The second kappa shape index (κ2) is 7.55. The second-order valence-electron chi connectivity index (χ2n) is 7.84. The first-order valence-corrected chi connectivity index (χ1v) is 9.92. The molecule has 0 saturated heterocycles. The van der Waals surface area contributed by atoms with Crippen molar-refractivity contribution in [2.24, 2.45) is 0 Å². The molecule has 0 radical (unpaired) electrons. The number of carbonyl (C=O) groups is 1. The highest BCUT2D eigenvalue weighted by Crippen LogP contribution is 2.33. The van der Waals surface area contributed by atoms with Crippen LogP contribution in [-0.2, 0) is 6.54 Å². The molecule has 2 aromatic carbocycles. The van der Waals surface area contributed by atoms with Gasteiger partial charge in [-0.05, 0) is 53.8 Å². The van der Waals surface area contributed by atoms with Gasteiger partial charge in [-0.2, -0.15) is 0 Å². The van der Waals surface area contributed by atoms with Crippen molar-refractivity contribution in [2.45, 2.75) is 39.3 Å². The fourth-order valence-corrected chi connectivity index (χ4v) is 3.93. The van der Waals surface area contributed by atoms with Gasteiger partial charge in [0.15, 0.2) is 0 Å². The highest BCUT2D eigenvalue weighted by Gasteiger charge is 2.32. The van der Waals surface area contributed by atoms with Gasteiger partial charge in [-0.15, -0.1) is 0 Å². The third-order valence-corrected chi connectivity index (χ3v) is 5.49. The van der Waals surface area contributed by atoms with Crippen LogP contribution in [0.2, 0.25) is 0 Å². The molecular weight excluding hydrogens is 346 g/mol. The quantitative estimate of drug-likeness (QED) is 0.641. The number of aromatic nitrogens is 1. The molecule has 1 aromatic heterocycles. The minimum Gasteiger partial charge on any atom is -0.348 e.